The van der Waals surface area contributed by atoms with Crippen LogP contribution in [0.15, 0.2) is 42.6 Å². The lowest BCUT2D eigenvalue weighted by atomic mass is 9.83. The largest absolute Gasteiger partial charge is 0.496 e. The minimum atomic E-state index is -3.34. The highest BCUT2D eigenvalue weighted by Crippen LogP contribution is 2.41. The van der Waals surface area contributed by atoms with Crippen LogP contribution < -0.4 is 18.9 Å². The van der Waals surface area contributed by atoms with Crippen LogP contribution in [0.4, 0.5) is 5.69 Å². The SMILES string of the molecule is COc1c(C=Cc2ccc(NS(C)(=O)=O)cc2)cc(-c2cnc(OC(C)(C)C)nc2OC(C)(C)C)cc1C(C)(C)C. The Kier molecular flexibility index (Phi) is 9.13. The van der Waals surface area contributed by atoms with Gasteiger partial charge in [0.1, 0.15) is 17.0 Å². The molecule has 8 nitrogen and oxygen atoms in total. The molecule has 0 fully saturated rings. The first-order valence-corrected chi connectivity index (χ1v) is 15.4. The van der Waals surface area contributed by atoms with Crippen molar-refractivity contribution in [2.75, 3.05) is 18.1 Å². The molecule has 1 N–H and O–H groups in total. The van der Waals surface area contributed by atoms with Crippen molar-refractivity contribution < 1.29 is 22.6 Å². The molecule has 1 aromatic heterocycles. The standard InChI is InChI=1S/C32H43N3O5S/c1-30(2,3)26-19-23(25-20-33-29(40-32(7,8)9)34-28(25)39-31(4,5)6)18-22(27(26)38-10)15-12-21-13-16-24(17-14-21)35-41(11,36)37/h12-20,35H,1-11H3. The highest BCUT2D eigenvalue weighted by atomic mass is 32.2. The molecule has 0 saturated heterocycles. The predicted octanol–water partition coefficient (Wildman–Crippen LogP) is 7.35. The molecule has 0 radical (unpaired) electrons. The Labute approximate surface area is 245 Å². The fourth-order valence-electron chi connectivity index (χ4n) is 4.02. The second-order valence-electron chi connectivity index (χ2n) is 13.0. The first-order chi connectivity index (χ1) is 18.7. The summed E-state index contributed by atoms with van der Waals surface area (Å²) in [5.74, 6) is 1.19. The van der Waals surface area contributed by atoms with Crippen molar-refractivity contribution in [1.82, 2.24) is 9.97 Å². The second kappa shape index (κ2) is 11.7. The Morgan fingerprint density at radius 1 is 0.854 bits per heavy atom. The number of anilines is 1. The van der Waals surface area contributed by atoms with Crippen molar-refractivity contribution in [2.24, 2.45) is 0 Å². The fourth-order valence-corrected chi connectivity index (χ4v) is 4.58. The summed E-state index contributed by atoms with van der Waals surface area (Å²) in [6.45, 7) is 18.2. The third-order valence-corrected chi connectivity index (χ3v) is 6.25. The molecule has 0 amide bonds. The molecule has 222 valence electrons. The van der Waals surface area contributed by atoms with Crippen LogP contribution in [0.5, 0.6) is 17.6 Å². The number of aromatic nitrogens is 2. The van der Waals surface area contributed by atoms with Crippen LogP contribution in [0, 0.1) is 0 Å². The Bertz CT molecular complexity index is 1510. The molecule has 1 heterocycles. The van der Waals surface area contributed by atoms with Crippen LogP contribution in [0.2, 0.25) is 0 Å². The summed E-state index contributed by atoms with van der Waals surface area (Å²) in [7, 11) is -1.67. The first kappa shape index (κ1) is 31.9. The lowest BCUT2D eigenvalue weighted by Crippen LogP contribution is -2.26. The molecule has 0 aliphatic carbocycles. The predicted molar refractivity (Wildman–Crippen MR) is 167 cm³/mol. The van der Waals surface area contributed by atoms with E-state index < -0.39 is 21.2 Å². The molecule has 0 atom stereocenters. The fraction of sp³-hybridized carbons (Fsp3) is 0.438. The number of nitrogens with zero attached hydrogens (tertiary/aromatic N) is 2. The van der Waals surface area contributed by atoms with Gasteiger partial charge in [-0.1, -0.05) is 45.1 Å². The maximum absolute atomic E-state index is 11.5. The van der Waals surface area contributed by atoms with Crippen molar-refractivity contribution in [1.29, 1.82) is 0 Å². The number of rotatable bonds is 8. The summed E-state index contributed by atoms with van der Waals surface area (Å²) >= 11 is 0. The lowest BCUT2D eigenvalue weighted by molar-refractivity contribution is 0.103. The van der Waals surface area contributed by atoms with Gasteiger partial charge in [-0.05, 0) is 82.3 Å². The van der Waals surface area contributed by atoms with E-state index in [0.29, 0.717) is 11.6 Å². The van der Waals surface area contributed by atoms with Gasteiger partial charge in [0.05, 0.1) is 18.9 Å². The van der Waals surface area contributed by atoms with Gasteiger partial charge >= 0.3 is 6.01 Å². The van der Waals surface area contributed by atoms with Gasteiger partial charge in [-0.3, -0.25) is 4.72 Å². The summed E-state index contributed by atoms with van der Waals surface area (Å²) in [5.41, 5.74) is 3.71. The molecule has 0 bridgehead atoms. The topological polar surface area (TPSA) is 99.6 Å². The van der Waals surface area contributed by atoms with Crippen molar-refractivity contribution in [3.8, 4) is 28.8 Å². The van der Waals surface area contributed by atoms with Gasteiger partial charge < -0.3 is 14.2 Å². The molecule has 0 saturated carbocycles. The third kappa shape index (κ3) is 9.49. The van der Waals surface area contributed by atoms with Crippen LogP contribution in [0.25, 0.3) is 23.3 Å². The van der Waals surface area contributed by atoms with E-state index in [-0.39, 0.29) is 11.4 Å². The molecule has 0 aliphatic heterocycles. The normalized spacial score (nSPS) is 12.9. The van der Waals surface area contributed by atoms with Gasteiger partial charge in [-0.25, -0.2) is 13.4 Å². The molecular formula is C32H43N3O5S. The van der Waals surface area contributed by atoms with Gasteiger partial charge in [0.2, 0.25) is 15.9 Å². The maximum atomic E-state index is 11.5. The smallest absolute Gasteiger partial charge is 0.320 e. The monoisotopic (exact) mass is 581 g/mol. The van der Waals surface area contributed by atoms with E-state index in [1.165, 1.54) is 0 Å². The number of benzene rings is 2. The van der Waals surface area contributed by atoms with E-state index in [2.05, 4.69) is 41.5 Å². The van der Waals surface area contributed by atoms with E-state index in [9.17, 15) is 8.42 Å². The highest BCUT2D eigenvalue weighted by molar-refractivity contribution is 7.92. The van der Waals surface area contributed by atoms with Gasteiger partial charge in [0, 0.05) is 23.0 Å². The Morgan fingerprint density at radius 2 is 1.46 bits per heavy atom. The number of nitrogens with one attached hydrogen (secondary N) is 1. The molecule has 2 aromatic carbocycles. The minimum Gasteiger partial charge on any atom is -0.496 e. The Balaban J connectivity index is 2.16. The zero-order valence-corrected chi connectivity index (χ0v) is 26.9. The molecule has 0 aliphatic rings. The van der Waals surface area contributed by atoms with E-state index >= 15 is 0 Å². The number of ether oxygens (including phenoxy) is 3. The molecule has 3 aromatic rings. The maximum Gasteiger partial charge on any atom is 0.320 e. The summed E-state index contributed by atoms with van der Waals surface area (Å²) in [4.78, 5) is 9.17. The lowest BCUT2D eigenvalue weighted by Gasteiger charge is -2.26. The third-order valence-electron chi connectivity index (χ3n) is 5.64. The van der Waals surface area contributed by atoms with E-state index in [1.807, 2.05) is 71.9 Å². The number of sulfonamides is 1. The second-order valence-corrected chi connectivity index (χ2v) is 14.8. The summed E-state index contributed by atoms with van der Waals surface area (Å²) in [6, 6.07) is 11.5. The van der Waals surface area contributed by atoms with Crippen LogP contribution in [-0.2, 0) is 15.4 Å². The Morgan fingerprint density at radius 3 is 1.98 bits per heavy atom. The van der Waals surface area contributed by atoms with E-state index in [1.54, 1.807) is 25.4 Å². The molecular weight excluding hydrogens is 538 g/mol. The van der Waals surface area contributed by atoms with Crippen molar-refractivity contribution in [3.63, 3.8) is 0 Å². The quantitative estimate of drug-likeness (QED) is 0.278. The van der Waals surface area contributed by atoms with Crippen LogP contribution in [0.3, 0.4) is 0 Å². The molecule has 0 unspecified atom stereocenters. The highest BCUT2D eigenvalue weighted by Gasteiger charge is 2.25. The van der Waals surface area contributed by atoms with E-state index in [0.717, 1.165) is 39.8 Å². The van der Waals surface area contributed by atoms with Gasteiger partial charge in [0.25, 0.3) is 0 Å². The minimum absolute atomic E-state index is 0.232. The molecule has 9 heteroatoms. The first-order valence-electron chi connectivity index (χ1n) is 13.5. The average molecular weight is 582 g/mol. The molecule has 3 rings (SSSR count). The van der Waals surface area contributed by atoms with Crippen molar-refractivity contribution >= 4 is 27.9 Å². The average Bonchev–Trinajstić information content (AvgIpc) is 2.79. The van der Waals surface area contributed by atoms with Gasteiger partial charge in [0.15, 0.2) is 0 Å². The zero-order chi connectivity index (χ0) is 30.8. The molecule has 0 spiro atoms. The van der Waals surface area contributed by atoms with Gasteiger partial charge in [-0.2, -0.15) is 4.98 Å². The molecule has 41 heavy (non-hydrogen) atoms. The van der Waals surface area contributed by atoms with Crippen LogP contribution in [0.1, 0.15) is 79.0 Å². The Hall–Kier alpha value is -3.59. The zero-order valence-electron chi connectivity index (χ0n) is 26.0. The number of hydrogen-bond acceptors (Lipinski definition) is 7. The number of methoxy groups -OCH3 is 1. The summed E-state index contributed by atoms with van der Waals surface area (Å²) in [6.07, 6.45) is 6.81. The summed E-state index contributed by atoms with van der Waals surface area (Å²) < 4.78 is 43.8. The van der Waals surface area contributed by atoms with Crippen LogP contribution in [-0.4, -0.2) is 43.0 Å². The van der Waals surface area contributed by atoms with Crippen molar-refractivity contribution in [2.45, 2.75) is 78.9 Å². The van der Waals surface area contributed by atoms with E-state index in [4.69, 9.17) is 14.2 Å². The van der Waals surface area contributed by atoms with Gasteiger partial charge in [-0.15, -0.1) is 0 Å². The van der Waals surface area contributed by atoms with Crippen molar-refractivity contribution in [3.05, 3.63) is 59.3 Å². The summed E-state index contributed by atoms with van der Waals surface area (Å²) in [5, 5.41) is 0. The number of hydrogen-bond donors (Lipinski definition) is 1. The van der Waals surface area contributed by atoms with Crippen LogP contribution >= 0.6 is 0 Å².